The standard InChI is InChI=1S/C24H32N4O5/c1-26-16-19(33-24(31)28-11-5-6-12-28)15-20(22(29)25-32)21(26)23(30)27-13-9-18(10-14-27)17-7-3-2-4-8-17/h2-4,7-9,19-21,32H,5-6,10-16H2,1H3,(H,25,29)/t19-,20-,21-/m0/s1. The van der Waals surface area contributed by atoms with Crippen LogP contribution in [0.4, 0.5) is 4.79 Å². The number of hydrogen-bond acceptors (Lipinski definition) is 6. The molecule has 3 aliphatic rings. The van der Waals surface area contributed by atoms with Crippen molar-refractivity contribution < 1.29 is 24.3 Å². The summed E-state index contributed by atoms with van der Waals surface area (Å²) in [5.74, 6) is -1.62. The Hall–Kier alpha value is -2.91. The summed E-state index contributed by atoms with van der Waals surface area (Å²) in [5, 5.41) is 9.32. The number of hydroxylamine groups is 1. The first-order valence-corrected chi connectivity index (χ1v) is 11.6. The zero-order chi connectivity index (χ0) is 23.4. The second-order valence-electron chi connectivity index (χ2n) is 9.03. The Morgan fingerprint density at radius 3 is 2.42 bits per heavy atom. The highest BCUT2D eigenvalue weighted by atomic mass is 16.6. The topological polar surface area (TPSA) is 102 Å². The minimum atomic E-state index is -0.822. The van der Waals surface area contributed by atoms with Gasteiger partial charge in [-0.05, 0) is 43.9 Å². The summed E-state index contributed by atoms with van der Waals surface area (Å²) in [5.41, 5.74) is 4.06. The van der Waals surface area contributed by atoms with Crippen molar-refractivity contribution in [1.82, 2.24) is 20.2 Å². The van der Waals surface area contributed by atoms with Crippen molar-refractivity contribution >= 4 is 23.5 Å². The molecule has 0 bridgehead atoms. The van der Waals surface area contributed by atoms with Crippen LogP contribution in [0.3, 0.4) is 0 Å². The van der Waals surface area contributed by atoms with Crippen molar-refractivity contribution in [2.75, 3.05) is 39.8 Å². The van der Waals surface area contributed by atoms with Gasteiger partial charge in [0.25, 0.3) is 0 Å². The van der Waals surface area contributed by atoms with E-state index in [-0.39, 0.29) is 18.4 Å². The third-order valence-electron chi connectivity index (χ3n) is 6.86. The first-order valence-electron chi connectivity index (χ1n) is 11.6. The number of amides is 3. The highest BCUT2D eigenvalue weighted by molar-refractivity contribution is 5.90. The Morgan fingerprint density at radius 1 is 1.06 bits per heavy atom. The zero-order valence-corrected chi connectivity index (χ0v) is 19.0. The van der Waals surface area contributed by atoms with Gasteiger partial charge in [-0.2, -0.15) is 0 Å². The van der Waals surface area contributed by atoms with E-state index in [0.717, 1.165) is 24.8 Å². The van der Waals surface area contributed by atoms with Gasteiger partial charge < -0.3 is 14.5 Å². The third-order valence-corrected chi connectivity index (χ3v) is 6.86. The van der Waals surface area contributed by atoms with Gasteiger partial charge in [-0.1, -0.05) is 36.4 Å². The van der Waals surface area contributed by atoms with E-state index in [9.17, 15) is 19.6 Å². The molecule has 0 unspecified atom stereocenters. The van der Waals surface area contributed by atoms with Gasteiger partial charge in [0.15, 0.2) is 0 Å². The molecule has 9 nitrogen and oxygen atoms in total. The van der Waals surface area contributed by atoms with Gasteiger partial charge >= 0.3 is 6.09 Å². The lowest BCUT2D eigenvalue weighted by Gasteiger charge is -2.43. The summed E-state index contributed by atoms with van der Waals surface area (Å²) < 4.78 is 5.66. The lowest BCUT2D eigenvalue weighted by molar-refractivity contribution is -0.151. The lowest BCUT2D eigenvalue weighted by Crippen LogP contribution is -2.60. The summed E-state index contributed by atoms with van der Waals surface area (Å²) in [6.07, 6.45) is 3.99. The molecule has 178 valence electrons. The van der Waals surface area contributed by atoms with Gasteiger partial charge in [0, 0.05) is 32.7 Å². The number of carbonyl (C=O) groups excluding carboxylic acids is 3. The summed E-state index contributed by atoms with van der Waals surface area (Å²) in [6.45, 7) is 2.73. The van der Waals surface area contributed by atoms with Crippen molar-refractivity contribution in [3.8, 4) is 0 Å². The fourth-order valence-corrected chi connectivity index (χ4v) is 5.10. The van der Waals surface area contributed by atoms with Crippen molar-refractivity contribution in [2.45, 2.75) is 37.8 Å². The van der Waals surface area contributed by atoms with Crippen molar-refractivity contribution in [1.29, 1.82) is 0 Å². The molecule has 2 N–H and O–H groups in total. The number of likely N-dealkylation sites (N-methyl/N-ethyl adjacent to an activating group) is 1. The Labute approximate surface area is 193 Å². The Kier molecular flexibility index (Phi) is 7.29. The molecule has 3 atom stereocenters. The number of ether oxygens (including phenoxy) is 1. The van der Waals surface area contributed by atoms with Crippen LogP contribution in [0.15, 0.2) is 36.4 Å². The zero-order valence-electron chi connectivity index (χ0n) is 19.0. The molecular formula is C24H32N4O5. The molecular weight excluding hydrogens is 424 g/mol. The smallest absolute Gasteiger partial charge is 0.410 e. The fraction of sp³-hybridized carbons (Fsp3) is 0.542. The molecule has 0 aromatic heterocycles. The normalized spacial score (nSPS) is 26.0. The number of rotatable bonds is 4. The number of likely N-dealkylation sites (tertiary alicyclic amines) is 2. The van der Waals surface area contributed by atoms with Gasteiger partial charge in [-0.25, -0.2) is 10.3 Å². The summed E-state index contributed by atoms with van der Waals surface area (Å²) in [4.78, 5) is 43.6. The number of piperidine rings is 1. The monoisotopic (exact) mass is 456 g/mol. The maximum atomic E-state index is 13.5. The maximum Gasteiger partial charge on any atom is 0.410 e. The molecule has 33 heavy (non-hydrogen) atoms. The van der Waals surface area contributed by atoms with Crippen LogP contribution in [0.25, 0.3) is 5.57 Å². The van der Waals surface area contributed by atoms with Crippen LogP contribution >= 0.6 is 0 Å². The van der Waals surface area contributed by atoms with E-state index in [1.807, 2.05) is 18.2 Å². The van der Waals surface area contributed by atoms with Crippen LogP contribution < -0.4 is 5.48 Å². The number of benzene rings is 1. The molecule has 0 radical (unpaired) electrons. The summed E-state index contributed by atoms with van der Waals surface area (Å²) in [7, 11) is 1.76. The molecule has 1 aromatic rings. The van der Waals surface area contributed by atoms with Crippen LogP contribution in [-0.2, 0) is 14.3 Å². The van der Waals surface area contributed by atoms with Crippen molar-refractivity contribution in [3.05, 3.63) is 42.0 Å². The largest absolute Gasteiger partial charge is 0.445 e. The average Bonchev–Trinajstić information content (AvgIpc) is 3.39. The average molecular weight is 457 g/mol. The quantitative estimate of drug-likeness (QED) is 0.529. The van der Waals surface area contributed by atoms with Crippen LogP contribution in [0, 0.1) is 5.92 Å². The van der Waals surface area contributed by atoms with E-state index in [2.05, 4.69) is 18.2 Å². The SMILES string of the molecule is CN1C[C@@H](OC(=O)N2CCCC2)C[C@H](C(=O)NO)[C@H]1C(=O)N1CC=C(c2ccccc2)CC1. The fourth-order valence-electron chi connectivity index (χ4n) is 5.10. The number of hydrogen-bond donors (Lipinski definition) is 2. The second-order valence-corrected chi connectivity index (χ2v) is 9.03. The Morgan fingerprint density at radius 2 is 1.79 bits per heavy atom. The maximum absolute atomic E-state index is 13.5. The minimum Gasteiger partial charge on any atom is -0.445 e. The molecule has 3 amide bonds. The van der Waals surface area contributed by atoms with Crippen LogP contribution in [-0.4, -0.2) is 89.7 Å². The molecule has 0 saturated carbocycles. The van der Waals surface area contributed by atoms with Crippen LogP contribution in [0.1, 0.15) is 31.2 Å². The lowest BCUT2D eigenvalue weighted by atomic mass is 9.86. The van der Waals surface area contributed by atoms with Crippen LogP contribution in [0.2, 0.25) is 0 Å². The molecule has 0 aliphatic carbocycles. The van der Waals surface area contributed by atoms with E-state index >= 15 is 0 Å². The first kappa shape index (κ1) is 23.3. The molecule has 4 rings (SSSR count). The van der Waals surface area contributed by atoms with E-state index in [4.69, 9.17) is 4.74 Å². The highest BCUT2D eigenvalue weighted by Gasteiger charge is 2.45. The van der Waals surface area contributed by atoms with E-state index < -0.39 is 24.0 Å². The van der Waals surface area contributed by atoms with Crippen molar-refractivity contribution in [3.63, 3.8) is 0 Å². The molecule has 0 spiro atoms. The van der Waals surface area contributed by atoms with E-state index in [1.165, 1.54) is 5.57 Å². The van der Waals surface area contributed by atoms with Gasteiger partial charge in [-0.3, -0.25) is 19.7 Å². The molecule has 2 fully saturated rings. The van der Waals surface area contributed by atoms with Gasteiger partial charge in [0.2, 0.25) is 11.8 Å². The number of nitrogens with one attached hydrogen (secondary N) is 1. The molecule has 9 heteroatoms. The number of nitrogens with zero attached hydrogens (tertiary/aromatic N) is 3. The first-order chi connectivity index (χ1) is 16.0. The van der Waals surface area contributed by atoms with E-state index in [0.29, 0.717) is 32.7 Å². The van der Waals surface area contributed by atoms with Gasteiger partial charge in [0.05, 0.1) is 5.92 Å². The van der Waals surface area contributed by atoms with Gasteiger partial charge in [0.1, 0.15) is 12.1 Å². The predicted octanol–water partition coefficient (Wildman–Crippen LogP) is 1.73. The summed E-state index contributed by atoms with van der Waals surface area (Å²) >= 11 is 0. The minimum absolute atomic E-state index is 0.154. The molecule has 1 aromatic carbocycles. The second kappa shape index (κ2) is 10.4. The Balaban J connectivity index is 1.43. The Bertz CT molecular complexity index is 899. The molecule has 3 heterocycles. The van der Waals surface area contributed by atoms with Crippen LogP contribution in [0.5, 0.6) is 0 Å². The third kappa shape index (κ3) is 5.20. The molecule has 2 saturated heterocycles. The number of carbonyl (C=O) groups is 3. The van der Waals surface area contributed by atoms with Gasteiger partial charge in [-0.15, -0.1) is 0 Å². The van der Waals surface area contributed by atoms with E-state index in [1.54, 1.807) is 27.2 Å². The predicted molar refractivity (Wildman–Crippen MR) is 121 cm³/mol. The summed E-state index contributed by atoms with van der Waals surface area (Å²) in [6, 6.07) is 9.35. The highest BCUT2D eigenvalue weighted by Crippen LogP contribution is 2.29. The molecule has 3 aliphatic heterocycles. The van der Waals surface area contributed by atoms with Crippen molar-refractivity contribution in [2.24, 2.45) is 5.92 Å².